The monoisotopic (exact) mass is 570 g/mol. The number of aliphatic imine (C=N–C) groups is 1. The van der Waals surface area contributed by atoms with Crippen molar-refractivity contribution >= 4 is 35.8 Å². The highest BCUT2D eigenvalue weighted by atomic mass is 127. The van der Waals surface area contributed by atoms with E-state index in [2.05, 4.69) is 47.9 Å². The van der Waals surface area contributed by atoms with Gasteiger partial charge < -0.3 is 20.5 Å². The van der Waals surface area contributed by atoms with E-state index in [-0.39, 0.29) is 29.9 Å². The first-order valence-electron chi connectivity index (χ1n) is 11.5. The van der Waals surface area contributed by atoms with E-state index in [1.54, 1.807) is 6.20 Å². The van der Waals surface area contributed by atoms with Crippen LogP contribution in [0.5, 0.6) is 0 Å². The van der Waals surface area contributed by atoms with Gasteiger partial charge in [0, 0.05) is 51.4 Å². The molecule has 1 aliphatic heterocycles. The molecule has 0 spiro atoms. The molecule has 33 heavy (non-hydrogen) atoms. The van der Waals surface area contributed by atoms with Crippen molar-refractivity contribution in [3.63, 3.8) is 0 Å². The highest BCUT2D eigenvalue weighted by Gasteiger charge is 2.21. The molecule has 0 unspecified atom stereocenters. The average Bonchev–Trinajstić information content (AvgIpc) is 3.29. The zero-order valence-electron chi connectivity index (χ0n) is 19.4. The van der Waals surface area contributed by atoms with Gasteiger partial charge in [-0.3, -0.25) is 19.7 Å². The molecule has 1 aliphatic rings. The van der Waals surface area contributed by atoms with Gasteiger partial charge in [0.1, 0.15) is 5.69 Å². The Morgan fingerprint density at radius 1 is 1.24 bits per heavy atom. The quantitative estimate of drug-likeness (QED) is 0.225. The van der Waals surface area contributed by atoms with Crippen LogP contribution in [0.2, 0.25) is 0 Å². The molecular formula is C22H35IN8O2. The van der Waals surface area contributed by atoms with Gasteiger partial charge in [-0.25, -0.2) is 0 Å². The number of nitrogens with zero attached hydrogens (tertiary/aromatic N) is 5. The number of guanidine groups is 1. The molecule has 1 fully saturated rings. The largest absolute Gasteiger partial charge is 0.357 e. The number of likely N-dealkylation sites (tertiary alicyclic amines) is 1. The smallest absolute Gasteiger partial charge is 0.276 e. The highest BCUT2D eigenvalue weighted by Crippen LogP contribution is 2.13. The SMILES string of the molecule is CCCNC(=O)CN1CCC(NC(=NCCc2noc(-c3ccccn3)n2)NCC)CC1.I. The van der Waals surface area contributed by atoms with E-state index in [9.17, 15) is 4.79 Å². The molecule has 0 aromatic carbocycles. The van der Waals surface area contributed by atoms with Crippen molar-refractivity contribution < 1.29 is 9.32 Å². The van der Waals surface area contributed by atoms with Gasteiger partial charge in [0.05, 0.1) is 6.54 Å². The summed E-state index contributed by atoms with van der Waals surface area (Å²) in [5.41, 5.74) is 0.666. The van der Waals surface area contributed by atoms with Gasteiger partial charge in [-0.2, -0.15) is 4.98 Å². The number of hydrogen-bond acceptors (Lipinski definition) is 7. The molecule has 11 heteroatoms. The van der Waals surface area contributed by atoms with E-state index in [0.29, 0.717) is 43.0 Å². The molecule has 182 valence electrons. The number of amides is 1. The summed E-state index contributed by atoms with van der Waals surface area (Å²) in [6, 6.07) is 5.91. The van der Waals surface area contributed by atoms with E-state index in [1.807, 2.05) is 25.1 Å². The Kier molecular flexibility index (Phi) is 12.1. The zero-order chi connectivity index (χ0) is 22.6. The van der Waals surface area contributed by atoms with E-state index >= 15 is 0 Å². The summed E-state index contributed by atoms with van der Waals surface area (Å²) < 4.78 is 5.30. The van der Waals surface area contributed by atoms with Crippen LogP contribution in [0.15, 0.2) is 33.9 Å². The molecule has 3 N–H and O–H groups in total. The van der Waals surface area contributed by atoms with Crippen LogP contribution < -0.4 is 16.0 Å². The minimum absolute atomic E-state index is 0. The number of nitrogens with one attached hydrogen (secondary N) is 3. The standard InChI is InChI=1S/C22H34N8O2.HI/c1-3-11-25-20(31)16-30-14-9-17(10-15-30)27-22(23-4-2)26-13-8-19-28-21(32-29-19)18-7-5-6-12-24-18;/h5-7,12,17H,3-4,8-11,13-16H2,1-2H3,(H,25,31)(H2,23,26,27);1H. The zero-order valence-corrected chi connectivity index (χ0v) is 21.7. The van der Waals surface area contributed by atoms with Crippen LogP contribution in [-0.2, 0) is 11.2 Å². The normalized spacial score (nSPS) is 15.0. The maximum absolute atomic E-state index is 11.9. The lowest BCUT2D eigenvalue weighted by Crippen LogP contribution is -2.50. The fraction of sp³-hybridized carbons (Fsp3) is 0.591. The number of halogens is 1. The van der Waals surface area contributed by atoms with Crippen LogP contribution in [0, 0.1) is 0 Å². The van der Waals surface area contributed by atoms with E-state index in [4.69, 9.17) is 4.52 Å². The van der Waals surface area contributed by atoms with Crippen molar-refractivity contribution in [3.8, 4) is 11.6 Å². The highest BCUT2D eigenvalue weighted by molar-refractivity contribution is 14.0. The summed E-state index contributed by atoms with van der Waals surface area (Å²) in [4.78, 5) is 27.4. The molecule has 1 amide bonds. The molecule has 3 rings (SSSR count). The van der Waals surface area contributed by atoms with Crippen LogP contribution in [0.4, 0.5) is 0 Å². The molecule has 0 radical (unpaired) electrons. The maximum Gasteiger partial charge on any atom is 0.276 e. The first-order chi connectivity index (χ1) is 15.7. The molecule has 2 aromatic heterocycles. The Morgan fingerprint density at radius 2 is 2.06 bits per heavy atom. The number of carbonyl (C=O) groups is 1. The summed E-state index contributed by atoms with van der Waals surface area (Å²) >= 11 is 0. The number of hydrogen-bond donors (Lipinski definition) is 3. The minimum Gasteiger partial charge on any atom is -0.357 e. The lowest BCUT2D eigenvalue weighted by Gasteiger charge is -2.32. The van der Waals surface area contributed by atoms with Crippen LogP contribution >= 0.6 is 24.0 Å². The summed E-state index contributed by atoms with van der Waals surface area (Å²) in [7, 11) is 0. The lowest BCUT2D eigenvalue weighted by atomic mass is 10.1. The Labute approximate surface area is 212 Å². The Balaban J connectivity index is 0.00000385. The first-order valence-corrected chi connectivity index (χ1v) is 11.5. The van der Waals surface area contributed by atoms with E-state index in [0.717, 1.165) is 51.4 Å². The third kappa shape index (κ3) is 9.24. The van der Waals surface area contributed by atoms with Crippen LogP contribution in [0.3, 0.4) is 0 Å². The summed E-state index contributed by atoms with van der Waals surface area (Å²) in [5, 5.41) is 13.8. The summed E-state index contributed by atoms with van der Waals surface area (Å²) in [6.45, 7) is 8.46. The molecule has 0 aliphatic carbocycles. The second-order valence-electron chi connectivity index (χ2n) is 7.79. The molecule has 2 aromatic rings. The van der Waals surface area contributed by atoms with Crippen molar-refractivity contribution in [1.82, 2.24) is 36.0 Å². The first kappa shape index (κ1) is 27.0. The predicted molar refractivity (Wildman–Crippen MR) is 139 cm³/mol. The topological polar surface area (TPSA) is 121 Å². The van der Waals surface area contributed by atoms with Gasteiger partial charge in [-0.05, 0) is 38.3 Å². The van der Waals surface area contributed by atoms with Crippen LogP contribution in [0.1, 0.15) is 38.9 Å². The van der Waals surface area contributed by atoms with Crippen LogP contribution in [-0.4, -0.2) is 77.2 Å². The summed E-state index contributed by atoms with van der Waals surface area (Å²) in [5.74, 6) is 1.94. The fourth-order valence-corrected chi connectivity index (χ4v) is 3.49. The van der Waals surface area contributed by atoms with Crippen molar-refractivity contribution in [2.45, 2.75) is 45.6 Å². The molecule has 10 nitrogen and oxygen atoms in total. The van der Waals surface area contributed by atoms with E-state index < -0.39 is 0 Å². The molecule has 1 saturated heterocycles. The minimum atomic E-state index is 0. The van der Waals surface area contributed by atoms with Crippen molar-refractivity contribution in [2.75, 3.05) is 39.3 Å². The van der Waals surface area contributed by atoms with Gasteiger partial charge >= 0.3 is 0 Å². The second-order valence-corrected chi connectivity index (χ2v) is 7.79. The van der Waals surface area contributed by atoms with Crippen LogP contribution in [0.25, 0.3) is 11.6 Å². The number of aromatic nitrogens is 3. The van der Waals surface area contributed by atoms with Gasteiger partial charge in [0.15, 0.2) is 11.8 Å². The van der Waals surface area contributed by atoms with Gasteiger partial charge in [-0.1, -0.05) is 18.1 Å². The van der Waals surface area contributed by atoms with Crippen molar-refractivity contribution in [1.29, 1.82) is 0 Å². The van der Waals surface area contributed by atoms with Gasteiger partial charge in [-0.15, -0.1) is 24.0 Å². The molecule has 0 atom stereocenters. The van der Waals surface area contributed by atoms with Crippen molar-refractivity contribution in [2.24, 2.45) is 4.99 Å². The van der Waals surface area contributed by atoms with Gasteiger partial charge in [0.2, 0.25) is 5.91 Å². The Bertz CT molecular complexity index is 853. The van der Waals surface area contributed by atoms with E-state index in [1.165, 1.54) is 0 Å². The third-order valence-electron chi connectivity index (χ3n) is 5.17. The number of pyridine rings is 1. The van der Waals surface area contributed by atoms with Gasteiger partial charge in [0.25, 0.3) is 5.89 Å². The molecule has 3 heterocycles. The Hall–Kier alpha value is -2.28. The Morgan fingerprint density at radius 3 is 2.76 bits per heavy atom. The lowest BCUT2D eigenvalue weighted by molar-refractivity contribution is -0.122. The number of carbonyl (C=O) groups excluding carboxylic acids is 1. The second kappa shape index (κ2) is 14.8. The molecule has 0 saturated carbocycles. The molecular weight excluding hydrogens is 535 g/mol. The third-order valence-corrected chi connectivity index (χ3v) is 5.17. The molecule has 0 bridgehead atoms. The van der Waals surface area contributed by atoms with Crippen molar-refractivity contribution in [3.05, 3.63) is 30.2 Å². The fourth-order valence-electron chi connectivity index (χ4n) is 3.49. The maximum atomic E-state index is 11.9. The summed E-state index contributed by atoms with van der Waals surface area (Å²) in [6.07, 6.45) is 5.19. The average molecular weight is 570 g/mol. The predicted octanol–water partition coefficient (Wildman–Crippen LogP) is 1.84. The number of piperidine rings is 1. The number of rotatable bonds is 10.